The van der Waals surface area contributed by atoms with E-state index in [1.54, 1.807) is 36.2 Å². The van der Waals surface area contributed by atoms with Crippen molar-refractivity contribution in [2.45, 2.75) is 32.8 Å². The van der Waals surface area contributed by atoms with E-state index in [9.17, 15) is 18.3 Å². The van der Waals surface area contributed by atoms with Gasteiger partial charge in [0, 0.05) is 23.9 Å². The summed E-state index contributed by atoms with van der Waals surface area (Å²) in [7, 11) is 0. The quantitative estimate of drug-likeness (QED) is 0.908. The van der Waals surface area contributed by atoms with Crippen molar-refractivity contribution in [2.75, 3.05) is 0 Å². The van der Waals surface area contributed by atoms with E-state index in [2.05, 4.69) is 5.16 Å². The fourth-order valence-corrected chi connectivity index (χ4v) is 2.84. The minimum atomic E-state index is -4.39. The molecule has 2 aromatic rings. The first-order chi connectivity index (χ1) is 11.8. The van der Waals surface area contributed by atoms with Crippen LogP contribution in [0.15, 0.2) is 47.1 Å². The summed E-state index contributed by atoms with van der Waals surface area (Å²) >= 11 is 0. The van der Waals surface area contributed by atoms with Gasteiger partial charge in [-0.15, -0.1) is 0 Å². The van der Waals surface area contributed by atoms with Crippen LogP contribution in [0.2, 0.25) is 0 Å². The monoisotopic (exact) mass is 350 g/mol. The number of nitrogens with zero attached hydrogens (tertiary/aromatic N) is 2. The molecule has 132 valence electrons. The van der Waals surface area contributed by atoms with Gasteiger partial charge in [-0.1, -0.05) is 23.4 Å². The van der Waals surface area contributed by atoms with Gasteiger partial charge in [-0.2, -0.15) is 13.2 Å². The zero-order chi connectivity index (χ0) is 18.2. The summed E-state index contributed by atoms with van der Waals surface area (Å²) in [6.45, 7) is 3.73. The Morgan fingerprint density at radius 1 is 1.28 bits per heavy atom. The topological polar surface area (TPSA) is 49.5 Å². The maximum Gasteiger partial charge on any atom is 0.416 e. The summed E-state index contributed by atoms with van der Waals surface area (Å²) < 4.78 is 43.7. The van der Waals surface area contributed by atoms with E-state index < -0.39 is 18.0 Å². The van der Waals surface area contributed by atoms with Crippen LogP contribution in [0, 0.1) is 13.8 Å². The van der Waals surface area contributed by atoms with Gasteiger partial charge < -0.3 is 14.5 Å². The first-order valence-electron chi connectivity index (χ1n) is 7.69. The molecule has 7 heteroatoms. The van der Waals surface area contributed by atoms with Crippen LogP contribution in [0.25, 0.3) is 5.57 Å². The zero-order valence-corrected chi connectivity index (χ0v) is 13.7. The standard InChI is InChI=1S/C18H17F3N2O2/c1-11-17(12(2)25-22-11)14-6-7-16(24)23(10-14)9-13-4-3-5-15(8-13)18(19,20)21/h3-8,10,16,24H,9H2,1-2H3. The largest absolute Gasteiger partial charge is 0.416 e. The third-order valence-corrected chi connectivity index (χ3v) is 4.03. The highest BCUT2D eigenvalue weighted by Crippen LogP contribution is 2.31. The second-order valence-corrected chi connectivity index (χ2v) is 5.93. The molecule has 0 saturated heterocycles. The lowest BCUT2D eigenvalue weighted by Crippen LogP contribution is -2.30. The van der Waals surface area contributed by atoms with Crippen LogP contribution >= 0.6 is 0 Å². The van der Waals surface area contributed by atoms with Gasteiger partial charge >= 0.3 is 6.18 Å². The van der Waals surface area contributed by atoms with Crippen LogP contribution in [0.4, 0.5) is 13.2 Å². The molecular formula is C18H17F3N2O2. The van der Waals surface area contributed by atoms with E-state index in [0.29, 0.717) is 17.0 Å². The predicted molar refractivity (Wildman–Crippen MR) is 86.1 cm³/mol. The number of hydrogen-bond donors (Lipinski definition) is 1. The third-order valence-electron chi connectivity index (χ3n) is 4.03. The maximum absolute atomic E-state index is 12.9. The Hall–Kier alpha value is -2.54. The smallest absolute Gasteiger partial charge is 0.370 e. The Balaban J connectivity index is 1.88. The van der Waals surface area contributed by atoms with Crippen molar-refractivity contribution in [3.8, 4) is 0 Å². The lowest BCUT2D eigenvalue weighted by Gasteiger charge is -2.28. The highest BCUT2D eigenvalue weighted by Gasteiger charge is 2.30. The van der Waals surface area contributed by atoms with Gasteiger partial charge in [0.05, 0.1) is 11.3 Å². The Labute approximate surface area is 142 Å². The van der Waals surface area contributed by atoms with Crippen LogP contribution in [-0.4, -0.2) is 21.4 Å². The normalized spacial score (nSPS) is 17.8. The molecule has 1 aliphatic rings. The molecule has 0 amide bonds. The summed E-state index contributed by atoms with van der Waals surface area (Å²) in [6, 6.07) is 5.09. The summed E-state index contributed by atoms with van der Waals surface area (Å²) in [5.74, 6) is 0.642. The van der Waals surface area contributed by atoms with Gasteiger partial charge in [0.2, 0.25) is 0 Å². The molecule has 1 aromatic heterocycles. The summed E-state index contributed by atoms with van der Waals surface area (Å²) in [5, 5.41) is 14.0. The van der Waals surface area contributed by atoms with Gasteiger partial charge in [-0.05, 0) is 37.6 Å². The second kappa shape index (κ2) is 6.40. The van der Waals surface area contributed by atoms with E-state index >= 15 is 0 Å². The maximum atomic E-state index is 12.9. The van der Waals surface area contributed by atoms with Crippen molar-refractivity contribution in [2.24, 2.45) is 0 Å². The Bertz CT molecular complexity index is 818. The van der Waals surface area contributed by atoms with E-state index in [1.807, 2.05) is 6.92 Å². The van der Waals surface area contributed by atoms with E-state index in [4.69, 9.17) is 4.52 Å². The molecule has 3 rings (SSSR count). The third kappa shape index (κ3) is 3.61. The molecule has 1 aromatic carbocycles. The van der Waals surface area contributed by atoms with Gasteiger partial charge in [0.25, 0.3) is 0 Å². The summed E-state index contributed by atoms with van der Waals surface area (Å²) in [4.78, 5) is 1.57. The Kier molecular flexibility index (Phi) is 4.43. The van der Waals surface area contributed by atoms with Crippen LogP contribution in [-0.2, 0) is 12.7 Å². The molecule has 0 bridgehead atoms. The number of hydrogen-bond acceptors (Lipinski definition) is 4. The van der Waals surface area contributed by atoms with Gasteiger partial charge in [-0.3, -0.25) is 0 Å². The molecule has 0 fully saturated rings. The SMILES string of the molecule is Cc1noc(C)c1C1=CN(Cc2cccc(C(F)(F)F)c2)C(O)C=C1. The number of aryl methyl sites for hydroxylation is 2. The Morgan fingerprint density at radius 3 is 2.68 bits per heavy atom. The first-order valence-corrected chi connectivity index (χ1v) is 7.69. The summed E-state index contributed by atoms with van der Waals surface area (Å²) in [6.07, 6.45) is -0.279. The highest BCUT2D eigenvalue weighted by molar-refractivity contribution is 5.76. The van der Waals surface area contributed by atoms with Crippen molar-refractivity contribution in [3.63, 3.8) is 0 Å². The Morgan fingerprint density at radius 2 is 2.04 bits per heavy atom. The van der Waals surface area contributed by atoms with Crippen molar-refractivity contribution < 1.29 is 22.8 Å². The van der Waals surface area contributed by atoms with E-state index in [-0.39, 0.29) is 6.54 Å². The minimum absolute atomic E-state index is 0.141. The van der Waals surface area contributed by atoms with E-state index in [0.717, 1.165) is 23.3 Å². The average molecular weight is 350 g/mol. The fourth-order valence-electron chi connectivity index (χ4n) is 2.84. The number of benzene rings is 1. The highest BCUT2D eigenvalue weighted by atomic mass is 19.4. The lowest BCUT2D eigenvalue weighted by molar-refractivity contribution is -0.137. The molecule has 0 saturated carbocycles. The van der Waals surface area contributed by atoms with Crippen molar-refractivity contribution in [3.05, 3.63) is 70.8 Å². The molecule has 1 N–H and O–H groups in total. The van der Waals surface area contributed by atoms with Crippen LogP contribution < -0.4 is 0 Å². The molecule has 1 unspecified atom stereocenters. The molecule has 0 aliphatic carbocycles. The van der Waals surface area contributed by atoms with E-state index in [1.165, 1.54) is 6.07 Å². The van der Waals surface area contributed by atoms with Gasteiger partial charge in [-0.25, -0.2) is 0 Å². The van der Waals surface area contributed by atoms with Gasteiger partial charge in [0.15, 0.2) is 0 Å². The molecule has 1 atom stereocenters. The molecule has 0 radical (unpaired) electrons. The molecule has 25 heavy (non-hydrogen) atoms. The molecule has 1 aliphatic heterocycles. The van der Waals surface area contributed by atoms with Gasteiger partial charge in [0.1, 0.15) is 12.0 Å². The van der Waals surface area contributed by atoms with Crippen molar-refractivity contribution >= 4 is 5.57 Å². The average Bonchev–Trinajstić information content (AvgIpc) is 2.88. The predicted octanol–water partition coefficient (Wildman–Crippen LogP) is 4.04. The number of aromatic nitrogens is 1. The number of aliphatic hydroxyl groups excluding tert-OH is 1. The first kappa shape index (κ1) is 17.3. The number of aliphatic hydroxyl groups is 1. The molecule has 2 heterocycles. The van der Waals surface area contributed by atoms with Crippen LogP contribution in [0.1, 0.15) is 28.1 Å². The number of alkyl halides is 3. The molecular weight excluding hydrogens is 333 g/mol. The molecule has 0 spiro atoms. The number of halogens is 3. The fraction of sp³-hybridized carbons (Fsp3) is 0.278. The number of rotatable bonds is 3. The molecule has 4 nitrogen and oxygen atoms in total. The lowest BCUT2D eigenvalue weighted by atomic mass is 10.0. The summed E-state index contributed by atoms with van der Waals surface area (Å²) in [5.41, 5.74) is 2.06. The van der Waals surface area contributed by atoms with Crippen LogP contribution in [0.3, 0.4) is 0 Å². The number of allylic oxidation sites excluding steroid dienone is 2. The minimum Gasteiger partial charge on any atom is -0.370 e. The van der Waals surface area contributed by atoms with Crippen molar-refractivity contribution in [1.29, 1.82) is 0 Å². The zero-order valence-electron chi connectivity index (χ0n) is 13.7. The van der Waals surface area contributed by atoms with Crippen LogP contribution in [0.5, 0.6) is 0 Å². The second-order valence-electron chi connectivity index (χ2n) is 5.93. The van der Waals surface area contributed by atoms with Crippen molar-refractivity contribution in [1.82, 2.24) is 10.1 Å².